The van der Waals surface area contributed by atoms with Gasteiger partial charge in [-0.1, -0.05) is 12.1 Å². The number of nitrogens with one attached hydrogen (secondary N) is 1. The predicted octanol–water partition coefficient (Wildman–Crippen LogP) is 4.79. The first-order chi connectivity index (χ1) is 17.7. The molecule has 0 radical (unpaired) electrons. The summed E-state index contributed by atoms with van der Waals surface area (Å²) in [6, 6.07) is 12.2. The maximum absolute atomic E-state index is 13.8. The summed E-state index contributed by atoms with van der Waals surface area (Å²) in [4.78, 5) is 34.8. The van der Waals surface area contributed by atoms with Gasteiger partial charge in [-0.3, -0.25) is 14.5 Å². The molecule has 1 unspecified atom stereocenters. The van der Waals surface area contributed by atoms with Crippen LogP contribution in [0.15, 0.2) is 60.2 Å². The number of amides is 1. The number of hydrogen-bond acceptors (Lipinski definition) is 6. The lowest BCUT2D eigenvalue weighted by Crippen LogP contribution is -2.30. The van der Waals surface area contributed by atoms with Gasteiger partial charge in [0.1, 0.15) is 17.3 Å². The Morgan fingerprint density at radius 1 is 1.03 bits per heavy atom. The number of benzene rings is 3. The zero-order valence-corrected chi connectivity index (χ0v) is 20.0. The van der Waals surface area contributed by atoms with E-state index in [-0.39, 0.29) is 22.6 Å². The number of methoxy groups -OCH3 is 2. The minimum atomic E-state index is -1.12. The Hall–Kier alpha value is -4.73. The van der Waals surface area contributed by atoms with Gasteiger partial charge in [0.2, 0.25) is 5.95 Å². The van der Waals surface area contributed by atoms with Crippen LogP contribution in [0.3, 0.4) is 0 Å². The van der Waals surface area contributed by atoms with Crippen molar-refractivity contribution in [3.63, 3.8) is 0 Å². The van der Waals surface area contributed by atoms with E-state index in [0.29, 0.717) is 28.2 Å². The Kier molecular flexibility index (Phi) is 5.87. The number of aryl methyl sites for hydroxylation is 1. The molecule has 2 heterocycles. The van der Waals surface area contributed by atoms with Crippen molar-refractivity contribution in [2.45, 2.75) is 13.0 Å². The van der Waals surface area contributed by atoms with Gasteiger partial charge >= 0.3 is 5.91 Å². The number of nitrogens with zero attached hydrogens (tertiary/aromatic N) is 2. The van der Waals surface area contributed by atoms with E-state index in [0.717, 1.165) is 17.0 Å². The van der Waals surface area contributed by atoms with Gasteiger partial charge in [-0.15, -0.1) is 0 Å². The predicted molar refractivity (Wildman–Crippen MR) is 132 cm³/mol. The van der Waals surface area contributed by atoms with Crippen LogP contribution in [0.2, 0.25) is 0 Å². The number of carbonyl (C=O) groups excluding carboxylic acids is 2. The summed E-state index contributed by atoms with van der Waals surface area (Å²) in [6.45, 7) is 1.78. The lowest BCUT2D eigenvalue weighted by molar-refractivity contribution is -0.132. The first-order valence-corrected chi connectivity index (χ1v) is 11.2. The number of aliphatic hydroxyl groups is 1. The number of aliphatic hydroxyl groups excluding tert-OH is 1. The first kappa shape index (κ1) is 24.0. The first-order valence-electron chi connectivity index (χ1n) is 11.2. The number of aromatic nitrogens is 2. The summed E-state index contributed by atoms with van der Waals surface area (Å²) in [5.74, 6) is -3.58. The number of fused-ring (bicyclic) bond motifs is 1. The molecule has 1 fully saturated rings. The van der Waals surface area contributed by atoms with Gasteiger partial charge in [0.15, 0.2) is 11.6 Å². The van der Waals surface area contributed by atoms with Crippen molar-refractivity contribution in [1.82, 2.24) is 9.97 Å². The molecule has 37 heavy (non-hydrogen) atoms. The van der Waals surface area contributed by atoms with Gasteiger partial charge in [0, 0.05) is 17.7 Å². The van der Waals surface area contributed by atoms with Gasteiger partial charge in [0.25, 0.3) is 5.78 Å². The molecule has 0 bridgehead atoms. The monoisotopic (exact) mass is 505 g/mol. The topological polar surface area (TPSA) is 105 Å². The van der Waals surface area contributed by atoms with Crippen LogP contribution in [0, 0.1) is 18.6 Å². The van der Waals surface area contributed by atoms with Crippen molar-refractivity contribution < 1.29 is 33.0 Å². The second-order valence-corrected chi connectivity index (χ2v) is 8.47. The second-order valence-electron chi connectivity index (χ2n) is 8.47. The number of ether oxygens (including phenoxy) is 2. The SMILES string of the molecule is COc1cccc(C2/C(=C(\O)c3ccc(OC)c(C)c3)C(=O)C(=O)N2c2nc3cc(F)c(F)cc3[nH]2)c1. The minimum Gasteiger partial charge on any atom is -0.507 e. The van der Waals surface area contributed by atoms with Crippen LogP contribution in [-0.2, 0) is 9.59 Å². The van der Waals surface area contributed by atoms with Crippen LogP contribution in [0.25, 0.3) is 16.8 Å². The molecule has 8 nitrogen and oxygen atoms in total. The number of imidazole rings is 1. The van der Waals surface area contributed by atoms with Crippen LogP contribution in [-0.4, -0.2) is 41.0 Å². The molecule has 1 aromatic heterocycles. The summed E-state index contributed by atoms with van der Waals surface area (Å²) in [5, 5.41) is 11.3. The zero-order valence-electron chi connectivity index (χ0n) is 20.0. The highest BCUT2D eigenvalue weighted by atomic mass is 19.2. The maximum Gasteiger partial charge on any atom is 0.302 e. The van der Waals surface area contributed by atoms with Crippen molar-refractivity contribution in [3.8, 4) is 11.5 Å². The zero-order chi connectivity index (χ0) is 26.4. The standard InChI is InChI=1S/C27H21F2N3O5/c1-13-9-15(7-8-21(13)37-3)24(33)22-23(14-5-4-6-16(10-14)36-2)32(26(35)25(22)34)27-30-19-11-17(28)18(29)12-20(19)31-27/h4-12,23,33H,1-3H3,(H,30,31)/b24-22+. The molecule has 1 saturated heterocycles. The average Bonchev–Trinajstić information content (AvgIpc) is 3.41. The molecule has 4 aromatic rings. The molecule has 1 atom stereocenters. The molecule has 1 aliphatic heterocycles. The van der Waals surface area contributed by atoms with Gasteiger partial charge in [0.05, 0.1) is 36.9 Å². The molecule has 2 N–H and O–H groups in total. The molecule has 0 aliphatic carbocycles. The third kappa shape index (κ3) is 3.96. The molecular formula is C27H21F2N3O5. The van der Waals surface area contributed by atoms with Gasteiger partial charge in [-0.2, -0.15) is 0 Å². The molecule has 188 valence electrons. The molecule has 3 aromatic carbocycles. The van der Waals surface area contributed by atoms with Crippen LogP contribution in [0.4, 0.5) is 14.7 Å². The van der Waals surface area contributed by atoms with E-state index in [1.165, 1.54) is 14.2 Å². The summed E-state index contributed by atoms with van der Waals surface area (Å²) >= 11 is 0. The molecule has 0 saturated carbocycles. The lowest BCUT2D eigenvalue weighted by Gasteiger charge is -2.23. The van der Waals surface area contributed by atoms with E-state index in [4.69, 9.17) is 9.47 Å². The highest BCUT2D eigenvalue weighted by Crippen LogP contribution is 2.42. The molecule has 0 spiro atoms. The Bertz CT molecular complexity index is 1570. The van der Waals surface area contributed by atoms with Crippen LogP contribution >= 0.6 is 0 Å². The summed E-state index contributed by atoms with van der Waals surface area (Å²) in [5.41, 5.74) is 1.47. The van der Waals surface area contributed by atoms with Crippen molar-refractivity contribution in [2.24, 2.45) is 0 Å². The van der Waals surface area contributed by atoms with Gasteiger partial charge in [-0.05, 0) is 48.4 Å². The number of halogens is 2. The summed E-state index contributed by atoms with van der Waals surface area (Å²) in [7, 11) is 2.99. The van der Waals surface area contributed by atoms with E-state index in [1.54, 1.807) is 49.4 Å². The van der Waals surface area contributed by atoms with Crippen LogP contribution in [0.5, 0.6) is 11.5 Å². The highest BCUT2D eigenvalue weighted by Gasteiger charge is 2.48. The Balaban J connectivity index is 1.74. The van der Waals surface area contributed by atoms with E-state index < -0.39 is 35.1 Å². The molecule has 10 heteroatoms. The number of ketones is 1. The van der Waals surface area contributed by atoms with Crippen molar-refractivity contribution in [1.29, 1.82) is 0 Å². The lowest BCUT2D eigenvalue weighted by atomic mass is 9.94. The Labute approximate surface area is 209 Å². The van der Waals surface area contributed by atoms with Crippen LogP contribution < -0.4 is 14.4 Å². The molecule has 1 aliphatic rings. The van der Waals surface area contributed by atoms with Crippen LogP contribution in [0.1, 0.15) is 22.7 Å². The largest absolute Gasteiger partial charge is 0.507 e. The third-order valence-corrected chi connectivity index (χ3v) is 6.26. The summed E-state index contributed by atoms with van der Waals surface area (Å²) in [6.07, 6.45) is 0. The Morgan fingerprint density at radius 2 is 1.78 bits per heavy atom. The smallest absolute Gasteiger partial charge is 0.302 e. The number of H-pyrrole nitrogens is 1. The number of aromatic amines is 1. The fourth-order valence-corrected chi connectivity index (χ4v) is 4.46. The van der Waals surface area contributed by atoms with E-state index in [9.17, 15) is 23.5 Å². The quantitative estimate of drug-likeness (QED) is 0.230. The van der Waals surface area contributed by atoms with Gasteiger partial charge in [-0.25, -0.2) is 13.8 Å². The van der Waals surface area contributed by atoms with Gasteiger partial charge < -0.3 is 19.6 Å². The van der Waals surface area contributed by atoms with E-state index in [2.05, 4.69) is 9.97 Å². The fourth-order valence-electron chi connectivity index (χ4n) is 4.46. The molecule has 1 amide bonds. The second kappa shape index (κ2) is 9.05. The third-order valence-electron chi connectivity index (χ3n) is 6.26. The minimum absolute atomic E-state index is 0.0611. The number of anilines is 1. The average molecular weight is 505 g/mol. The molecule has 5 rings (SSSR count). The number of carbonyl (C=O) groups is 2. The van der Waals surface area contributed by atoms with Crippen molar-refractivity contribution in [3.05, 3.63) is 88.5 Å². The Morgan fingerprint density at radius 3 is 2.49 bits per heavy atom. The van der Waals surface area contributed by atoms with E-state index in [1.807, 2.05) is 0 Å². The maximum atomic E-state index is 13.8. The van der Waals surface area contributed by atoms with Crippen molar-refractivity contribution in [2.75, 3.05) is 19.1 Å². The highest BCUT2D eigenvalue weighted by molar-refractivity contribution is 6.51. The number of Topliss-reactive ketones (excluding diaryl/α,β-unsaturated/α-hetero) is 1. The normalized spacial score (nSPS) is 17.0. The fraction of sp³-hybridized carbons (Fsp3) is 0.148. The van der Waals surface area contributed by atoms with E-state index >= 15 is 0 Å². The number of hydrogen-bond donors (Lipinski definition) is 2. The summed E-state index contributed by atoms with van der Waals surface area (Å²) < 4.78 is 38.2. The number of rotatable bonds is 5. The van der Waals surface area contributed by atoms with Crippen molar-refractivity contribution >= 4 is 34.4 Å². The molecular weight excluding hydrogens is 484 g/mol.